The zero-order valence-electron chi connectivity index (χ0n) is 16.0. The second-order valence-corrected chi connectivity index (χ2v) is 8.07. The summed E-state index contributed by atoms with van der Waals surface area (Å²) in [6.07, 6.45) is 0.669. The normalized spacial score (nSPS) is 13.5. The van der Waals surface area contributed by atoms with Gasteiger partial charge in [0.05, 0.1) is 11.1 Å². The average molecular weight is 400 g/mol. The molecule has 1 aliphatic rings. The first-order valence-electron chi connectivity index (χ1n) is 8.99. The van der Waals surface area contributed by atoms with Crippen LogP contribution in [0, 0.1) is 0 Å². The van der Waals surface area contributed by atoms with Gasteiger partial charge in [0.25, 0.3) is 11.8 Å². The van der Waals surface area contributed by atoms with E-state index in [4.69, 9.17) is 11.6 Å². The molecule has 0 saturated carbocycles. The van der Waals surface area contributed by atoms with Gasteiger partial charge in [0.2, 0.25) is 0 Å². The van der Waals surface area contributed by atoms with Gasteiger partial charge in [-0.1, -0.05) is 23.7 Å². The van der Waals surface area contributed by atoms with E-state index < -0.39 is 5.54 Å². The summed E-state index contributed by atoms with van der Waals surface area (Å²) in [4.78, 5) is 38.5. The number of carbonyl (C=O) groups excluding carboxylic acids is 3. The lowest BCUT2D eigenvalue weighted by atomic mass is 10.1. The van der Waals surface area contributed by atoms with Crippen molar-refractivity contribution in [3.63, 3.8) is 0 Å². The van der Waals surface area contributed by atoms with Gasteiger partial charge >= 0.3 is 6.03 Å². The molecule has 0 saturated heterocycles. The first kappa shape index (κ1) is 19.9. The number of hydrogen-bond acceptors (Lipinski definition) is 3. The van der Waals surface area contributed by atoms with Crippen molar-refractivity contribution >= 4 is 35.1 Å². The Kier molecular flexibility index (Phi) is 5.42. The molecule has 2 N–H and O–H groups in total. The number of imide groups is 1. The number of amides is 4. The smallest absolute Gasteiger partial charge is 0.319 e. The lowest BCUT2D eigenvalue weighted by Gasteiger charge is -2.29. The second-order valence-electron chi connectivity index (χ2n) is 7.63. The highest BCUT2D eigenvalue weighted by atomic mass is 35.5. The minimum Gasteiger partial charge on any atom is -0.338 e. The van der Waals surface area contributed by atoms with Crippen LogP contribution in [0.3, 0.4) is 0 Å². The minimum absolute atomic E-state index is 0.305. The Hall–Kier alpha value is -2.86. The molecule has 0 aromatic heterocycles. The van der Waals surface area contributed by atoms with E-state index in [1.807, 2.05) is 32.9 Å². The van der Waals surface area contributed by atoms with Crippen molar-refractivity contribution in [2.45, 2.75) is 32.7 Å². The second kappa shape index (κ2) is 7.64. The number of fused-ring (bicyclic) bond motifs is 1. The van der Waals surface area contributed by atoms with Crippen LogP contribution in [0.5, 0.6) is 0 Å². The van der Waals surface area contributed by atoms with Gasteiger partial charge in [-0.05, 0) is 63.1 Å². The van der Waals surface area contributed by atoms with Crippen molar-refractivity contribution in [2.75, 3.05) is 11.9 Å². The van der Waals surface area contributed by atoms with Gasteiger partial charge in [0, 0.05) is 22.8 Å². The Bertz CT molecular complexity index is 933. The number of benzene rings is 2. The van der Waals surface area contributed by atoms with Crippen molar-refractivity contribution in [1.29, 1.82) is 0 Å². The molecule has 3 rings (SSSR count). The SMILES string of the molecule is CC(C)(C)N1C(=O)c2ccc(NC(=O)NCCc3ccc(Cl)cc3)cc2C1=O. The summed E-state index contributed by atoms with van der Waals surface area (Å²) in [5.41, 5.74) is 1.57. The Morgan fingerprint density at radius 1 is 1.00 bits per heavy atom. The number of halogens is 1. The highest BCUT2D eigenvalue weighted by Gasteiger charge is 2.41. The van der Waals surface area contributed by atoms with Gasteiger partial charge < -0.3 is 10.6 Å². The van der Waals surface area contributed by atoms with Gasteiger partial charge in [-0.25, -0.2) is 4.79 Å². The van der Waals surface area contributed by atoms with Crippen LogP contribution < -0.4 is 10.6 Å². The molecule has 146 valence electrons. The van der Waals surface area contributed by atoms with Crippen LogP contribution in [-0.2, 0) is 6.42 Å². The number of nitrogens with zero attached hydrogens (tertiary/aromatic N) is 1. The number of urea groups is 1. The van der Waals surface area contributed by atoms with E-state index in [9.17, 15) is 14.4 Å². The third-order valence-electron chi connectivity index (χ3n) is 4.43. The molecule has 1 heterocycles. The van der Waals surface area contributed by atoms with Crippen LogP contribution in [0.4, 0.5) is 10.5 Å². The Morgan fingerprint density at radius 3 is 2.29 bits per heavy atom. The highest BCUT2D eigenvalue weighted by molar-refractivity contribution is 6.30. The lowest BCUT2D eigenvalue weighted by molar-refractivity contribution is 0.0507. The monoisotopic (exact) mass is 399 g/mol. The predicted molar refractivity (Wildman–Crippen MR) is 109 cm³/mol. The molecule has 4 amide bonds. The van der Waals surface area contributed by atoms with Gasteiger partial charge in [-0.2, -0.15) is 0 Å². The van der Waals surface area contributed by atoms with Crippen molar-refractivity contribution in [1.82, 2.24) is 10.2 Å². The van der Waals surface area contributed by atoms with E-state index in [0.717, 1.165) is 5.56 Å². The van der Waals surface area contributed by atoms with E-state index >= 15 is 0 Å². The van der Waals surface area contributed by atoms with Crippen LogP contribution in [0.2, 0.25) is 5.02 Å². The van der Waals surface area contributed by atoms with Crippen molar-refractivity contribution < 1.29 is 14.4 Å². The summed E-state index contributed by atoms with van der Waals surface area (Å²) < 4.78 is 0. The number of hydrogen-bond donors (Lipinski definition) is 2. The molecule has 0 atom stereocenters. The van der Waals surface area contributed by atoms with Crippen LogP contribution >= 0.6 is 11.6 Å². The van der Waals surface area contributed by atoms with Gasteiger partial charge in [0.15, 0.2) is 0 Å². The lowest BCUT2D eigenvalue weighted by Crippen LogP contribution is -2.45. The quantitative estimate of drug-likeness (QED) is 0.760. The molecule has 0 unspecified atom stereocenters. The summed E-state index contributed by atoms with van der Waals surface area (Å²) >= 11 is 5.85. The summed E-state index contributed by atoms with van der Waals surface area (Å²) in [6.45, 7) is 5.87. The molecule has 6 nitrogen and oxygen atoms in total. The highest BCUT2D eigenvalue weighted by Crippen LogP contribution is 2.30. The topological polar surface area (TPSA) is 78.5 Å². The molecular formula is C21H22ClN3O3. The molecular weight excluding hydrogens is 378 g/mol. The maximum absolute atomic E-state index is 12.6. The predicted octanol–water partition coefficient (Wildman–Crippen LogP) is 4.10. The number of nitrogens with one attached hydrogen (secondary N) is 2. The fraction of sp³-hybridized carbons (Fsp3) is 0.286. The molecule has 7 heteroatoms. The molecule has 0 spiro atoms. The first-order valence-corrected chi connectivity index (χ1v) is 9.37. The van der Waals surface area contributed by atoms with Gasteiger partial charge in [-0.3, -0.25) is 14.5 Å². The van der Waals surface area contributed by atoms with Gasteiger partial charge in [-0.15, -0.1) is 0 Å². The molecule has 28 heavy (non-hydrogen) atoms. The zero-order valence-corrected chi connectivity index (χ0v) is 16.8. The van der Waals surface area contributed by atoms with E-state index in [0.29, 0.717) is 34.8 Å². The molecule has 1 aliphatic heterocycles. The summed E-state index contributed by atoms with van der Waals surface area (Å²) in [5.74, 6) is -0.661. The first-order chi connectivity index (χ1) is 13.2. The van der Waals surface area contributed by atoms with E-state index in [1.54, 1.807) is 30.3 Å². The molecule has 2 aromatic rings. The van der Waals surface area contributed by atoms with Crippen LogP contribution in [-0.4, -0.2) is 34.8 Å². The van der Waals surface area contributed by atoms with Crippen molar-refractivity contribution in [3.8, 4) is 0 Å². The van der Waals surface area contributed by atoms with Crippen molar-refractivity contribution in [3.05, 3.63) is 64.2 Å². The van der Waals surface area contributed by atoms with Crippen LogP contribution in [0.25, 0.3) is 0 Å². The summed E-state index contributed by atoms with van der Waals surface area (Å²) in [5, 5.41) is 6.14. The molecule has 0 bridgehead atoms. The number of anilines is 1. The summed E-state index contributed by atoms with van der Waals surface area (Å²) in [7, 11) is 0. The maximum Gasteiger partial charge on any atom is 0.319 e. The number of carbonyl (C=O) groups is 3. The molecule has 0 radical (unpaired) electrons. The fourth-order valence-electron chi connectivity index (χ4n) is 3.07. The fourth-order valence-corrected chi connectivity index (χ4v) is 3.20. The van der Waals surface area contributed by atoms with E-state index in [1.165, 1.54) is 4.90 Å². The minimum atomic E-state index is -0.611. The zero-order chi connectivity index (χ0) is 20.5. The Morgan fingerprint density at radius 2 is 1.64 bits per heavy atom. The number of rotatable bonds is 4. The molecule has 0 aliphatic carbocycles. The van der Waals surface area contributed by atoms with Crippen LogP contribution in [0.1, 0.15) is 47.1 Å². The third kappa shape index (κ3) is 4.17. The maximum atomic E-state index is 12.6. The summed E-state index contributed by atoms with van der Waals surface area (Å²) in [6, 6.07) is 11.8. The van der Waals surface area contributed by atoms with E-state index in [-0.39, 0.29) is 17.8 Å². The van der Waals surface area contributed by atoms with E-state index in [2.05, 4.69) is 10.6 Å². The standard InChI is InChI=1S/C21H22ClN3O3/c1-21(2,3)25-18(26)16-9-8-15(12-17(16)19(25)27)24-20(28)23-11-10-13-4-6-14(22)7-5-13/h4-9,12H,10-11H2,1-3H3,(H2,23,24,28). The molecule has 0 fully saturated rings. The van der Waals surface area contributed by atoms with Gasteiger partial charge in [0.1, 0.15) is 0 Å². The Balaban J connectivity index is 1.61. The largest absolute Gasteiger partial charge is 0.338 e. The third-order valence-corrected chi connectivity index (χ3v) is 4.68. The van der Waals surface area contributed by atoms with Crippen molar-refractivity contribution in [2.24, 2.45) is 0 Å². The molecule has 2 aromatic carbocycles. The average Bonchev–Trinajstić information content (AvgIpc) is 2.87. The Labute approximate surface area is 168 Å². The van der Waals surface area contributed by atoms with Crippen LogP contribution in [0.15, 0.2) is 42.5 Å².